The van der Waals surface area contributed by atoms with E-state index in [1.54, 1.807) is 0 Å². The number of amides is 1. The Morgan fingerprint density at radius 3 is 2.52 bits per heavy atom. The number of carboxylic acids is 1. The number of aryl methyl sites for hydroxylation is 1. The second-order valence-corrected chi connectivity index (χ2v) is 7.05. The van der Waals surface area contributed by atoms with E-state index in [1.807, 2.05) is 0 Å². The van der Waals surface area contributed by atoms with Gasteiger partial charge in [-0.1, -0.05) is 0 Å². The lowest BCUT2D eigenvalue weighted by atomic mass is 10.2. The van der Waals surface area contributed by atoms with Crippen LogP contribution in [0.2, 0.25) is 0 Å². The molecule has 0 saturated carbocycles. The molecule has 130 valence electrons. The predicted molar refractivity (Wildman–Crippen MR) is 79.7 cm³/mol. The van der Waals surface area contributed by atoms with Crippen molar-refractivity contribution in [2.24, 2.45) is 0 Å². The molecule has 2 N–H and O–H groups in total. The summed E-state index contributed by atoms with van der Waals surface area (Å²) in [6, 6.07) is -0.0689. The Balaban J connectivity index is 3.01. The third-order valence-electron chi connectivity index (χ3n) is 3.09. The molecule has 23 heavy (non-hydrogen) atoms. The molecular weight excluding hydrogens is 328 g/mol. The monoisotopic (exact) mass is 348 g/mol. The zero-order valence-electron chi connectivity index (χ0n) is 13.3. The summed E-state index contributed by atoms with van der Waals surface area (Å²) in [5, 5.41) is 11.0. The van der Waals surface area contributed by atoms with Gasteiger partial charge in [-0.3, -0.25) is 4.79 Å². The maximum Gasteiger partial charge on any atom is 0.326 e. The van der Waals surface area contributed by atoms with Gasteiger partial charge in [0.2, 0.25) is 5.09 Å². The van der Waals surface area contributed by atoms with Crippen molar-refractivity contribution in [3.63, 3.8) is 0 Å². The van der Waals surface area contributed by atoms with Gasteiger partial charge in [0.05, 0.1) is 5.56 Å². The first-order valence-corrected chi connectivity index (χ1v) is 8.10. The summed E-state index contributed by atoms with van der Waals surface area (Å²) < 4.78 is 34.8. The lowest BCUT2D eigenvalue weighted by molar-refractivity contribution is -0.139. The number of rotatable bonds is 8. The van der Waals surface area contributed by atoms with Crippen LogP contribution in [0.4, 0.5) is 0 Å². The first kappa shape index (κ1) is 19.1. The Morgan fingerprint density at radius 1 is 1.43 bits per heavy atom. The van der Waals surface area contributed by atoms with Crippen molar-refractivity contribution < 1.29 is 32.3 Å². The smallest absolute Gasteiger partial charge is 0.326 e. The molecule has 0 aliphatic carbocycles. The lowest BCUT2D eigenvalue weighted by Gasteiger charge is -2.13. The molecule has 0 aromatic carbocycles. The van der Waals surface area contributed by atoms with Gasteiger partial charge in [0, 0.05) is 40.3 Å². The second kappa shape index (κ2) is 7.57. The third kappa shape index (κ3) is 4.53. The number of hydrogen-bond acceptors (Lipinski definition) is 6. The van der Waals surface area contributed by atoms with E-state index in [9.17, 15) is 18.0 Å². The summed E-state index contributed by atoms with van der Waals surface area (Å²) in [7, 11) is 0.258. The van der Waals surface area contributed by atoms with Crippen LogP contribution in [-0.2, 0) is 19.6 Å². The van der Waals surface area contributed by atoms with Crippen LogP contribution in [0, 0.1) is 6.92 Å². The van der Waals surface area contributed by atoms with Crippen molar-refractivity contribution >= 4 is 21.9 Å². The van der Waals surface area contributed by atoms with Gasteiger partial charge in [0.15, 0.2) is 0 Å². The normalized spacial score (nSPS) is 13.1. The molecule has 9 nitrogen and oxygen atoms in total. The minimum absolute atomic E-state index is 0.0332. The first-order chi connectivity index (χ1) is 10.6. The minimum Gasteiger partial charge on any atom is -0.480 e. The van der Waals surface area contributed by atoms with Crippen molar-refractivity contribution in [3.05, 3.63) is 17.4 Å². The average molecular weight is 348 g/mol. The van der Waals surface area contributed by atoms with Crippen LogP contribution in [0.5, 0.6) is 0 Å². The van der Waals surface area contributed by atoms with Crippen molar-refractivity contribution in [2.75, 3.05) is 27.8 Å². The Kier molecular flexibility index (Phi) is 6.30. The van der Waals surface area contributed by atoms with Crippen LogP contribution in [-0.4, -0.2) is 63.6 Å². The number of sulfonamides is 1. The van der Waals surface area contributed by atoms with Crippen LogP contribution in [0.1, 0.15) is 22.5 Å². The van der Waals surface area contributed by atoms with E-state index in [0.29, 0.717) is 0 Å². The molecule has 0 spiro atoms. The molecule has 0 radical (unpaired) electrons. The highest BCUT2D eigenvalue weighted by atomic mass is 32.2. The fraction of sp³-hybridized carbons (Fsp3) is 0.538. The molecule has 0 aliphatic heterocycles. The van der Waals surface area contributed by atoms with Crippen LogP contribution < -0.4 is 5.32 Å². The average Bonchev–Trinajstić information content (AvgIpc) is 2.85. The minimum atomic E-state index is -3.82. The molecule has 0 saturated heterocycles. The number of furan rings is 1. The summed E-state index contributed by atoms with van der Waals surface area (Å²) in [4.78, 5) is 23.3. The van der Waals surface area contributed by atoms with Gasteiger partial charge in [-0.2, -0.15) is 0 Å². The van der Waals surface area contributed by atoms with Crippen molar-refractivity contribution in [1.82, 2.24) is 9.62 Å². The summed E-state index contributed by atoms with van der Waals surface area (Å²) in [5.41, 5.74) is -0.0332. The molecule has 1 aromatic heterocycles. The van der Waals surface area contributed by atoms with Gasteiger partial charge < -0.3 is 19.6 Å². The van der Waals surface area contributed by atoms with Crippen molar-refractivity contribution in [3.8, 4) is 0 Å². The molecular formula is C13H20N2O7S. The van der Waals surface area contributed by atoms with Gasteiger partial charge >= 0.3 is 5.97 Å². The third-order valence-corrected chi connectivity index (χ3v) is 4.76. The molecule has 10 heteroatoms. The molecule has 1 amide bonds. The number of methoxy groups -OCH3 is 1. The fourth-order valence-electron chi connectivity index (χ4n) is 1.72. The zero-order chi connectivity index (χ0) is 17.8. The van der Waals surface area contributed by atoms with Gasteiger partial charge in [-0.05, 0) is 6.92 Å². The summed E-state index contributed by atoms with van der Waals surface area (Å²) >= 11 is 0. The molecule has 0 aliphatic rings. The number of ether oxygens (including phenoxy) is 1. The number of aliphatic carboxylic acids is 1. The summed E-state index contributed by atoms with van der Waals surface area (Å²) in [6.45, 7) is 1.58. The quantitative estimate of drug-likeness (QED) is 0.680. The van der Waals surface area contributed by atoms with E-state index >= 15 is 0 Å². The number of carbonyl (C=O) groups is 2. The summed E-state index contributed by atoms with van der Waals surface area (Å²) in [5.74, 6) is -1.86. The molecule has 0 fully saturated rings. The number of nitrogens with zero attached hydrogens (tertiary/aromatic N) is 1. The maximum atomic E-state index is 12.2. The molecule has 0 bridgehead atoms. The first-order valence-electron chi connectivity index (χ1n) is 6.66. The Morgan fingerprint density at radius 2 is 2.04 bits per heavy atom. The SMILES string of the molecule is COCCC(NC(=O)c1cc(S(=O)(=O)N(C)C)oc1C)C(=O)O. The van der Waals surface area contributed by atoms with Gasteiger partial charge in [-0.25, -0.2) is 17.5 Å². The van der Waals surface area contributed by atoms with Crippen LogP contribution in [0.25, 0.3) is 0 Å². The lowest BCUT2D eigenvalue weighted by Crippen LogP contribution is -2.41. The van der Waals surface area contributed by atoms with E-state index in [1.165, 1.54) is 28.1 Å². The van der Waals surface area contributed by atoms with Crippen LogP contribution in [0.15, 0.2) is 15.6 Å². The Labute approximate surface area is 134 Å². The van der Waals surface area contributed by atoms with Gasteiger partial charge in [0.25, 0.3) is 15.9 Å². The second-order valence-electron chi connectivity index (χ2n) is 4.97. The van der Waals surface area contributed by atoms with Crippen molar-refractivity contribution in [1.29, 1.82) is 0 Å². The number of nitrogens with one attached hydrogen (secondary N) is 1. The van der Waals surface area contributed by atoms with Gasteiger partial charge in [-0.15, -0.1) is 0 Å². The number of carboxylic acid groups (broad SMARTS) is 1. The largest absolute Gasteiger partial charge is 0.480 e. The molecule has 1 heterocycles. The molecule has 1 rings (SSSR count). The van der Waals surface area contributed by atoms with E-state index in [2.05, 4.69) is 5.32 Å². The Bertz CT molecular complexity index is 678. The maximum absolute atomic E-state index is 12.2. The highest BCUT2D eigenvalue weighted by Gasteiger charge is 2.27. The predicted octanol–water partition coefficient (Wildman–Crippen LogP) is 0.0578. The van der Waals surface area contributed by atoms with E-state index in [-0.39, 0.29) is 29.4 Å². The molecule has 1 atom stereocenters. The highest BCUT2D eigenvalue weighted by Crippen LogP contribution is 2.21. The van der Waals surface area contributed by atoms with E-state index in [0.717, 1.165) is 10.4 Å². The van der Waals surface area contributed by atoms with E-state index in [4.69, 9.17) is 14.3 Å². The van der Waals surface area contributed by atoms with Gasteiger partial charge in [0.1, 0.15) is 11.8 Å². The molecule has 1 aromatic rings. The Hall–Kier alpha value is -1.91. The van der Waals surface area contributed by atoms with Crippen LogP contribution in [0.3, 0.4) is 0 Å². The molecule has 1 unspecified atom stereocenters. The standard InChI is InChI=1S/C13H20N2O7S/c1-8-9(7-11(22-8)23(19,20)15(2)3)12(16)14-10(13(17)18)5-6-21-4/h7,10H,5-6H2,1-4H3,(H,14,16)(H,17,18). The van der Waals surface area contributed by atoms with Crippen molar-refractivity contribution in [2.45, 2.75) is 24.5 Å². The number of hydrogen-bond donors (Lipinski definition) is 2. The topological polar surface area (TPSA) is 126 Å². The number of carbonyl (C=O) groups excluding carboxylic acids is 1. The zero-order valence-corrected chi connectivity index (χ0v) is 14.1. The highest BCUT2D eigenvalue weighted by molar-refractivity contribution is 7.88. The van der Waals surface area contributed by atoms with E-state index < -0.39 is 27.9 Å². The summed E-state index contributed by atoms with van der Waals surface area (Å²) in [6.07, 6.45) is 0.0807. The van der Waals surface area contributed by atoms with Crippen LogP contribution >= 0.6 is 0 Å². The fourth-order valence-corrected chi connectivity index (χ4v) is 2.57.